The lowest BCUT2D eigenvalue weighted by molar-refractivity contribution is -0.157. The van der Waals surface area contributed by atoms with E-state index in [1.807, 2.05) is 0 Å². The van der Waals surface area contributed by atoms with E-state index in [1.165, 1.54) is 58.3 Å². The maximum atomic E-state index is 13.3. The highest BCUT2D eigenvalue weighted by atomic mass is 16.5. The normalized spacial score (nSPS) is 24.8. The van der Waals surface area contributed by atoms with Crippen molar-refractivity contribution in [3.63, 3.8) is 0 Å². The molecule has 0 spiro atoms. The number of rotatable bonds is 16. The molecule has 0 aromatic heterocycles. The lowest BCUT2D eigenvalue weighted by Crippen LogP contribution is -2.58. The number of aliphatic hydroxyl groups excluding tert-OH is 2. The Kier molecular flexibility index (Phi) is 17.6. The van der Waals surface area contributed by atoms with E-state index in [4.69, 9.17) is 4.74 Å². The molecular weight excluding hydrogens is 538 g/mol. The van der Waals surface area contributed by atoms with Crippen molar-refractivity contribution in [3.8, 4) is 0 Å². The Morgan fingerprint density at radius 3 is 1.76 bits per heavy atom. The van der Waals surface area contributed by atoms with Gasteiger partial charge in [0, 0.05) is 5.92 Å². The summed E-state index contributed by atoms with van der Waals surface area (Å²) in [5, 5.41) is 28.6. The largest absolute Gasteiger partial charge is 0.457 e. The Labute approximate surface area is 252 Å². The summed E-state index contributed by atoms with van der Waals surface area (Å²) in [6.07, 6.45) is 10.4. The van der Waals surface area contributed by atoms with E-state index in [0.29, 0.717) is 6.42 Å². The number of hydrogen-bond acceptors (Lipinski definition) is 7. The van der Waals surface area contributed by atoms with Crippen LogP contribution in [0, 0.1) is 17.8 Å². The van der Waals surface area contributed by atoms with Crippen molar-refractivity contribution >= 4 is 23.7 Å². The van der Waals surface area contributed by atoms with Gasteiger partial charge in [0.25, 0.3) is 0 Å². The first-order valence-corrected chi connectivity index (χ1v) is 16.0. The van der Waals surface area contributed by atoms with Gasteiger partial charge in [0.2, 0.25) is 17.7 Å². The molecule has 1 rings (SSSR count). The molecule has 1 fully saturated rings. The van der Waals surface area contributed by atoms with Crippen LogP contribution in [-0.2, 0) is 23.9 Å². The highest BCUT2D eigenvalue weighted by Gasteiger charge is 2.39. The molecule has 0 saturated carbocycles. The van der Waals surface area contributed by atoms with Crippen LogP contribution in [0.1, 0.15) is 119 Å². The molecule has 0 aromatic rings. The van der Waals surface area contributed by atoms with Crippen molar-refractivity contribution in [1.82, 2.24) is 16.0 Å². The lowest BCUT2D eigenvalue weighted by Gasteiger charge is -2.32. The number of nitrogens with one attached hydrogen (secondary N) is 3. The third kappa shape index (κ3) is 12.8. The van der Waals surface area contributed by atoms with Crippen LogP contribution in [0.4, 0.5) is 0 Å². The Morgan fingerprint density at radius 1 is 0.762 bits per heavy atom. The number of cyclic esters (lactones) is 1. The molecule has 1 aliphatic rings. The predicted octanol–water partition coefficient (Wildman–Crippen LogP) is 3.88. The number of ether oxygens (including phenoxy) is 1. The van der Waals surface area contributed by atoms with Crippen molar-refractivity contribution in [3.05, 3.63) is 12.3 Å². The minimum atomic E-state index is -1.39. The summed E-state index contributed by atoms with van der Waals surface area (Å²) in [5.41, 5.74) is -0.399. The van der Waals surface area contributed by atoms with Crippen LogP contribution in [0.2, 0.25) is 0 Å². The second kappa shape index (κ2) is 19.7. The molecule has 7 atom stereocenters. The maximum Gasteiger partial charge on any atom is 0.354 e. The van der Waals surface area contributed by atoms with Gasteiger partial charge in [-0.25, -0.2) is 4.79 Å². The van der Waals surface area contributed by atoms with Crippen LogP contribution < -0.4 is 16.0 Å². The molecule has 10 nitrogen and oxygen atoms in total. The summed E-state index contributed by atoms with van der Waals surface area (Å²) in [6, 6.07) is -2.40. The number of carbonyl (C=O) groups excluding carboxylic acids is 4. The molecule has 1 heterocycles. The average molecular weight is 596 g/mol. The van der Waals surface area contributed by atoms with Crippen molar-refractivity contribution in [2.75, 3.05) is 0 Å². The van der Waals surface area contributed by atoms with Crippen LogP contribution in [0.25, 0.3) is 0 Å². The van der Waals surface area contributed by atoms with E-state index in [1.54, 1.807) is 27.7 Å². The second-order valence-corrected chi connectivity index (χ2v) is 12.3. The summed E-state index contributed by atoms with van der Waals surface area (Å²) in [4.78, 5) is 52.1. The first-order valence-electron chi connectivity index (χ1n) is 16.0. The van der Waals surface area contributed by atoms with E-state index in [2.05, 4.69) is 29.5 Å². The third-order valence-corrected chi connectivity index (χ3v) is 8.21. The Morgan fingerprint density at radius 2 is 1.26 bits per heavy atom. The number of aliphatic hydroxyl groups is 2. The fraction of sp³-hybridized carbons (Fsp3) is 0.812. The number of amides is 3. The van der Waals surface area contributed by atoms with Gasteiger partial charge in [-0.05, 0) is 19.3 Å². The zero-order valence-electron chi connectivity index (χ0n) is 26.7. The number of esters is 1. The molecule has 3 amide bonds. The molecule has 0 radical (unpaired) electrons. The first kappa shape index (κ1) is 37.6. The van der Waals surface area contributed by atoms with Gasteiger partial charge < -0.3 is 30.9 Å². The van der Waals surface area contributed by atoms with Crippen LogP contribution in [0.15, 0.2) is 12.3 Å². The molecule has 0 bridgehead atoms. The van der Waals surface area contributed by atoms with Gasteiger partial charge in [-0.2, -0.15) is 0 Å². The maximum absolute atomic E-state index is 13.3. The molecule has 0 aromatic carbocycles. The summed E-state index contributed by atoms with van der Waals surface area (Å²) in [7, 11) is 0. The van der Waals surface area contributed by atoms with E-state index in [-0.39, 0.29) is 5.92 Å². The quantitative estimate of drug-likeness (QED) is 0.103. The number of hydrogen-bond donors (Lipinski definition) is 5. The molecule has 4 unspecified atom stereocenters. The molecule has 0 aliphatic carbocycles. The predicted molar refractivity (Wildman–Crippen MR) is 163 cm³/mol. The van der Waals surface area contributed by atoms with Gasteiger partial charge in [-0.3, -0.25) is 14.4 Å². The average Bonchev–Trinajstić information content (AvgIpc) is 2.94. The molecular formula is C32H57N3O7. The van der Waals surface area contributed by atoms with Crippen LogP contribution >= 0.6 is 0 Å². The highest BCUT2D eigenvalue weighted by molar-refractivity contribution is 5.98. The van der Waals surface area contributed by atoms with Gasteiger partial charge in [-0.15, -0.1) is 0 Å². The Bertz CT molecular complexity index is 876. The van der Waals surface area contributed by atoms with Crippen molar-refractivity contribution in [1.29, 1.82) is 0 Å². The molecule has 242 valence electrons. The number of unbranched alkanes of at least 4 members (excludes halogenated alkanes) is 10. The zero-order valence-corrected chi connectivity index (χ0v) is 26.7. The van der Waals surface area contributed by atoms with Gasteiger partial charge in [0.05, 0.1) is 18.1 Å². The highest BCUT2D eigenvalue weighted by Crippen LogP contribution is 2.25. The van der Waals surface area contributed by atoms with Crippen molar-refractivity contribution in [2.24, 2.45) is 17.8 Å². The summed E-state index contributed by atoms with van der Waals surface area (Å²) >= 11 is 0. The van der Waals surface area contributed by atoms with Gasteiger partial charge in [-0.1, -0.05) is 112 Å². The number of carbonyl (C=O) groups is 4. The van der Waals surface area contributed by atoms with Gasteiger partial charge in [0.15, 0.2) is 0 Å². The fourth-order valence-electron chi connectivity index (χ4n) is 5.25. The zero-order chi connectivity index (χ0) is 31.8. The summed E-state index contributed by atoms with van der Waals surface area (Å²) in [6.45, 7) is 13.9. The van der Waals surface area contributed by atoms with Crippen molar-refractivity contribution in [2.45, 2.75) is 149 Å². The molecule has 42 heavy (non-hydrogen) atoms. The van der Waals surface area contributed by atoms with Gasteiger partial charge >= 0.3 is 5.97 Å². The lowest BCUT2D eigenvalue weighted by atomic mass is 9.86. The molecule has 1 aliphatic heterocycles. The summed E-state index contributed by atoms with van der Waals surface area (Å²) < 4.78 is 5.67. The van der Waals surface area contributed by atoms with Crippen LogP contribution in [0.3, 0.4) is 0 Å². The Hall–Kier alpha value is -2.46. The minimum absolute atomic E-state index is 0.343. The standard InChI is InChI=1S/C32H57N3O7/c1-8-9-10-11-12-13-14-15-16-17-18-19-25(37)21(4)28-22(5)29(38)34-26(20(2)3)30(39)35-27(24(7)36)31(40)33-23(6)32(41)42-28/h20-22,24-28,36-37H,6,8-19H2,1-5,7H3,(H,33,40)(H,34,38)(H,35,39)/t21?,22?,24-,25?,26+,27+,28?/m1/s1. The van der Waals surface area contributed by atoms with E-state index in [9.17, 15) is 29.4 Å². The SMILES string of the molecule is C=C1NC(=O)[C@H]([C@@H](C)O)NC(=O)[C@H](C(C)C)NC(=O)C(C)C(C(C)C(O)CCCCCCCCCCCCC)OC1=O. The summed E-state index contributed by atoms with van der Waals surface area (Å²) in [5.74, 6) is -4.86. The van der Waals surface area contributed by atoms with Crippen LogP contribution in [-0.4, -0.2) is 64.3 Å². The van der Waals surface area contributed by atoms with E-state index < -0.39 is 71.6 Å². The van der Waals surface area contributed by atoms with E-state index in [0.717, 1.165) is 19.3 Å². The molecule has 1 saturated heterocycles. The molecule has 5 N–H and O–H groups in total. The van der Waals surface area contributed by atoms with Gasteiger partial charge in [0.1, 0.15) is 23.9 Å². The molecule has 10 heteroatoms. The monoisotopic (exact) mass is 595 g/mol. The van der Waals surface area contributed by atoms with E-state index >= 15 is 0 Å². The fourth-order valence-corrected chi connectivity index (χ4v) is 5.25. The minimum Gasteiger partial charge on any atom is -0.457 e. The topological polar surface area (TPSA) is 154 Å². The Balaban J connectivity index is 2.89. The van der Waals surface area contributed by atoms with Crippen molar-refractivity contribution < 1.29 is 34.1 Å². The van der Waals surface area contributed by atoms with Crippen LogP contribution in [0.5, 0.6) is 0 Å². The first-order chi connectivity index (χ1) is 19.8. The smallest absolute Gasteiger partial charge is 0.354 e. The third-order valence-electron chi connectivity index (χ3n) is 8.21. The second-order valence-electron chi connectivity index (χ2n) is 12.3.